The van der Waals surface area contributed by atoms with Gasteiger partial charge in [-0.1, -0.05) is 24.3 Å². The number of nitrogens with two attached hydrogens (primary N) is 1. The summed E-state index contributed by atoms with van der Waals surface area (Å²) < 4.78 is 0. The smallest absolute Gasteiger partial charge is 0.303 e. The van der Waals surface area contributed by atoms with Gasteiger partial charge in [-0.3, -0.25) is 4.79 Å². The molecule has 1 atom stereocenters. The first-order valence-corrected chi connectivity index (χ1v) is 3.97. The Bertz CT molecular complexity index is 233. The number of hydrogen-bond acceptors (Lipinski definition) is 2. The van der Waals surface area contributed by atoms with Gasteiger partial charge in [-0.15, -0.1) is 0 Å². The van der Waals surface area contributed by atoms with Crippen LogP contribution in [0, 0.1) is 0 Å². The van der Waals surface area contributed by atoms with Crippen LogP contribution in [0.1, 0.15) is 19.3 Å². The lowest BCUT2D eigenvalue weighted by Gasteiger charge is -2.25. The maximum absolute atomic E-state index is 10.3. The molecule has 0 spiro atoms. The molecule has 0 saturated carbocycles. The molecule has 0 radical (unpaired) electrons. The van der Waals surface area contributed by atoms with Crippen LogP contribution in [0.3, 0.4) is 0 Å². The van der Waals surface area contributed by atoms with Gasteiger partial charge in [-0.25, -0.2) is 0 Å². The Kier molecular flexibility index (Phi) is 2.65. The van der Waals surface area contributed by atoms with Crippen LogP contribution in [0.4, 0.5) is 0 Å². The Morgan fingerprint density at radius 2 is 2.33 bits per heavy atom. The largest absolute Gasteiger partial charge is 0.481 e. The minimum Gasteiger partial charge on any atom is -0.481 e. The van der Waals surface area contributed by atoms with Crippen molar-refractivity contribution in [3.63, 3.8) is 0 Å². The lowest BCUT2D eigenvalue weighted by Crippen LogP contribution is -2.38. The summed E-state index contributed by atoms with van der Waals surface area (Å²) in [6.45, 7) is 0. The molecule has 1 aliphatic carbocycles. The highest BCUT2D eigenvalue weighted by molar-refractivity contribution is 5.66. The zero-order chi connectivity index (χ0) is 9.03. The van der Waals surface area contributed by atoms with Crippen molar-refractivity contribution in [2.75, 3.05) is 0 Å². The molecule has 1 aliphatic rings. The molecule has 0 aromatic rings. The highest BCUT2D eigenvalue weighted by Gasteiger charge is 2.21. The molecule has 0 amide bonds. The predicted octanol–water partition coefficient (Wildman–Crippen LogP) is 1.06. The third-order valence-electron chi connectivity index (χ3n) is 1.98. The molecule has 0 unspecified atom stereocenters. The van der Waals surface area contributed by atoms with E-state index >= 15 is 0 Å². The highest BCUT2D eigenvalue weighted by Crippen LogP contribution is 2.19. The van der Waals surface area contributed by atoms with E-state index in [1.165, 1.54) is 0 Å². The second-order valence-corrected chi connectivity index (χ2v) is 3.12. The SMILES string of the molecule is N[C@]1(CCC(=O)O)C=CC=CC1. The fraction of sp³-hybridized carbons (Fsp3) is 0.444. The number of carboxylic acids is 1. The first-order valence-electron chi connectivity index (χ1n) is 3.97. The van der Waals surface area contributed by atoms with Crippen molar-refractivity contribution in [2.24, 2.45) is 5.73 Å². The molecule has 0 fully saturated rings. The molecular weight excluding hydrogens is 154 g/mol. The van der Waals surface area contributed by atoms with Crippen molar-refractivity contribution in [1.29, 1.82) is 0 Å². The second kappa shape index (κ2) is 3.54. The van der Waals surface area contributed by atoms with Crippen LogP contribution in [0.5, 0.6) is 0 Å². The minimum absolute atomic E-state index is 0.134. The molecule has 66 valence electrons. The monoisotopic (exact) mass is 167 g/mol. The van der Waals surface area contributed by atoms with Crippen LogP contribution in [-0.2, 0) is 4.79 Å². The summed E-state index contributed by atoms with van der Waals surface area (Å²) in [6, 6.07) is 0. The Balaban J connectivity index is 2.44. The van der Waals surface area contributed by atoms with E-state index < -0.39 is 11.5 Å². The number of rotatable bonds is 3. The Morgan fingerprint density at radius 1 is 1.58 bits per heavy atom. The Labute approximate surface area is 71.6 Å². The lowest BCUT2D eigenvalue weighted by molar-refractivity contribution is -0.137. The maximum atomic E-state index is 10.3. The third-order valence-corrected chi connectivity index (χ3v) is 1.98. The molecule has 1 rings (SSSR count). The van der Waals surface area contributed by atoms with Crippen LogP contribution < -0.4 is 5.73 Å². The number of aliphatic carboxylic acids is 1. The van der Waals surface area contributed by atoms with E-state index in [2.05, 4.69) is 0 Å². The summed E-state index contributed by atoms with van der Waals surface area (Å²) in [5, 5.41) is 8.46. The van der Waals surface area contributed by atoms with Crippen LogP contribution in [0.2, 0.25) is 0 Å². The molecule has 0 heterocycles. The van der Waals surface area contributed by atoms with E-state index in [1.807, 2.05) is 24.3 Å². The van der Waals surface area contributed by atoms with Crippen LogP contribution in [0.25, 0.3) is 0 Å². The van der Waals surface area contributed by atoms with Gasteiger partial charge in [0.25, 0.3) is 0 Å². The van der Waals surface area contributed by atoms with E-state index in [1.54, 1.807) is 0 Å². The zero-order valence-electron chi connectivity index (χ0n) is 6.86. The summed E-state index contributed by atoms with van der Waals surface area (Å²) >= 11 is 0. The van der Waals surface area contributed by atoms with E-state index in [4.69, 9.17) is 10.8 Å². The molecule has 12 heavy (non-hydrogen) atoms. The number of carbonyl (C=O) groups is 1. The quantitative estimate of drug-likeness (QED) is 0.660. The first-order chi connectivity index (χ1) is 5.62. The van der Waals surface area contributed by atoms with E-state index in [0.29, 0.717) is 6.42 Å². The van der Waals surface area contributed by atoms with Gasteiger partial charge in [-0.2, -0.15) is 0 Å². The van der Waals surface area contributed by atoms with Gasteiger partial charge in [0, 0.05) is 12.0 Å². The molecule has 0 bridgehead atoms. The van der Waals surface area contributed by atoms with Crippen LogP contribution in [-0.4, -0.2) is 16.6 Å². The molecule has 3 nitrogen and oxygen atoms in total. The van der Waals surface area contributed by atoms with Crippen LogP contribution >= 0.6 is 0 Å². The van der Waals surface area contributed by atoms with E-state index in [-0.39, 0.29) is 6.42 Å². The molecule has 0 aromatic carbocycles. The third kappa shape index (κ3) is 2.51. The Morgan fingerprint density at radius 3 is 2.83 bits per heavy atom. The Hall–Kier alpha value is -1.09. The molecular formula is C9H13NO2. The fourth-order valence-corrected chi connectivity index (χ4v) is 1.21. The second-order valence-electron chi connectivity index (χ2n) is 3.12. The average Bonchev–Trinajstić information content (AvgIpc) is 2.03. The standard InChI is InChI=1S/C9H13NO2/c10-9(7-4-8(11)12)5-2-1-3-6-9/h1-3,5H,4,6-7,10H2,(H,11,12)/t9-/m1/s1. The van der Waals surface area contributed by atoms with Crippen molar-refractivity contribution in [1.82, 2.24) is 0 Å². The minimum atomic E-state index is -0.789. The first kappa shape index (κ1) is 9.00. The summed E-state index contributed by atoms with van der Waals surface area (Å²) in [4.78, 5) is 10.3. The molecule has 3 N–H and O–H groups in total. The van der Waals surface area contributed by atoms with Gasteiger partial charge in [0.05, 0.1) is 0 Å². The van der Waals surface area contributed by atoms with Crippen molar-refractivity contribution in [3.05, 3.63) is 24.3 Å². The molecule has 0 aromatic heterocycles. The summed E-state index contributed by atoms with van der Waals surface area (Å²) in [7, 11) is 0. The number of hydrogen-bond donors (Lipinski definition) is 2. The fourth-order valence-electron chi connectivity index (χ4n) is 1.21. The van der Waals surface area contributed by atoms with Gasteiger partial charge < -0.3 is 10.8 Å². The lowest BCUT2D eigenvalue weighted by atomic mass is 9.88. The van der Waals surface area contributed by atoms with Crippen LogP contribution in [0.15, 0.2) is 24.3 Å². The molecule has 0 aliphatic heterocycles. The van der Waals surface area contributed by atoms with Crippen molar-refractivity contribution < 1.29 is 9.90 Å². The average molecular weight is 167 g/mol. The normalized spacial score (nSPS) is 27.4. The summed E-state index contributed by atoms with van der Waals surface area (Å²) in [5.41, 5.74) is 5.47. The molecule has 0 saturated heterocycles. The van der Waals surface area contributed by atoms with Gasteiger partial charge >= 0.3 is 5.97 Å². The highest BCUT2D eigenvalue weighted by atomic mass is 16.4. The maximum Gasteiger partial charge on any atom is 0.303 e. The van der Waals surface area contributed by atoms with Crippen molar-refractivity contribution >= 4 is 5.97 Å². The van der Waals surface area contributed by atoms with Gasteiger partial charge in [0.1, 0.15) is 0 Å². The summed E-state index contributed by atoms with van der Waals surface area (Å²) in [6.07, 6.45) is 8.99. The number of allylic oxidation sites excluding steroid dienone is 2. The van der Waals surface area contributed by atoms with E-state index in [0.717, 1.165) is 6.42 Å². The summed E-state index contributed by atoms with van der Waals surface area (Å²) in [5.74, 6) is -0.789. The van der Waals surface area contributed by atoms with Crippen molar-refractivity contribution in [2.45, 2.75) is 24.8 Å². The number of carboxylic acid groups (broad SMARTS) is 1. The zero-order valence-corrected chi connectivity index (χ0v) is 6.86. The predicted molar refractivity (Wildman–Crippen MR) is 46.7 cm³/mol. The van der Waals surface area contributed by atoms with Gasteiger partial charge in [-0.05, 0) is 12.8 Å². The van der Waals surface area contributed by atoms with Gasteiger partial charge in [0.15, 0.2) is 0 Å². The van der Waals surface area contributed by atoms with Gasteiger partial charge in [0.2, 0.25) is 0 Å². The topological polar surface area (TPSA) is 63.3 Å². The van der Waals surface area contributed by atoms with E-state index in [9.17, 15) is 4.79 Å². The van der Waals surface area contributed by atoms with Crippen molar-refractivity contribution in [3.8, 4) is 0 Å². The molecule has 3 heteroatoms.